The van der Waals surface area contributed by atoms with Crippen LogP contribution in [0.5, 0.6) is 0 Å². The van der Waals surface area contributed by atoms with Gasteiger partial charge in [0.1, 0.15) is 0 Å². The van der Waals surface area contributed by atoms with Gasteiger partial charge in [-0.2, -0.15) is 0 Å². The van der Waals surface area contributed by atoms with E-state index in [1.54, 1.807) is 19.0 Å². The molecule has 0 unspecified atom stereocenters. The highest BCUT2D eigenvalue weighted by Gasteiger charge is 2.11. The summed E-state index contributed by atoms with van der Waals surface area (Å²) in [5.41, 5.74) is 0. The molecule has 0 fully saturated rings. The van der Waals surface area contributed by atoms with Crippen molar-refractivity contribution in [1.82, 2.24) is 4.90 Å². The van der Waals surface area contributed by atoms with Crippen LogP contribution in [0.2, 0.25) is 0 Å². The number of hydrogen-bond donors (Lipinski definition) is 0. The monoisotopic (exact) mass is 183 g/mol. The Morgan fingerprint density at radius 1 is 1.40 bits per heavy atom. The number of carbonyl (C=O) groups excluding carboxylic acids is 1. The van der Waals surface area contributed by atoms with E-state index in [1.165, 1.54) is 0 Å². The first-order chi connectivity index (χ1) is 4.04. The van der Waals surface area contributed by atoms with Gasteiger partial charge < -0.3 is 17.3 Å². The second-order valence-corrected chi connectivity index (χ2v) is 4.68. The Hall–Kier alpha value is 0.110. The van der Waals surface area contributed by atoms with Crippen molar-refractivity contribution in [2.75, 3.05) is 32.4 Å². The fourth-order valence-corrected chi connectivity index (χ4v) is 1.13. The maximum absolute atomic E-state index is 10.9. The molecule has 0 spiro atoms. The molecule has 0 atom stereocenters. The average molecular weight is 184 g/mol. The summed E-state index contributed by atoms with van der Waals surface area (Å²) in [5, 5.41) is 0. The second-order valence-electron chi connectivity index (χ2n) is 2.42. The third kappa shape index (κ3) is 6.23. The Morgan fingerprint density at radius 2 is 1.80 bits per heavy atom. The van der Waals surface area contributed by atoms with E-state index in [1.807, 2.05) is 0 Å². The lowest BCUT2D eigenvalue weighted by Gasteiger charge is -2.06. The summed E-state index contributed by atoms with van der Waals surface area (Å²) >= 11 is 0. The Morgan fingerprint density at radius 3 is 1.90 bits per heavy atom. The summed E-state index contributed by atoms with van der Waals surface area (Å²) in [6.07, 6.45) is 4.14. The zero-order chi connectivity index (χ0) is 7.44. The molecule has 0 rings (SSSR count). The molecule has 0 saturated carbocycles. The van der Waals surface area contributed by atoms with Crippen LogP contribution in [0, 0.1) is 0 Å². The minimum absolute atomic E-state index is 0. The molecule has 0 aliphatic carbocycles. The van der Waals surface area contributed by atoms with Crippen LogP contribution in [-0.2, 0) is 15.7 Å². The van der Waals surface area contributed by atoms with Gasteiger partial charge >= 0.3 is 0 Å². The fraction of sp³-hybridized carbons (Fsp3) is 0.833. The van der Waals surface area contributed by atoms with Crippen molar-refractivity contribution in [3.05, 3.63) is 0 Å². The second kappa shape index (κ2) is 5.86. The van der Waals surface area contributed by atoms with Crippen LogP contribution in [0.3, 0.4) is 0 Å². The van der Waals surface area contributed by atoms with Gasteiger partial charge in [0, 0.05) is 14.1 Å². The van der Waals surface area contributed by atoms with Gasteiger partial charge in [-0.3, -0.25) is 4.79 Å². The number of rotatable bonds is 2. The Bertz CT molecular complexity index is 106. The summed E-state index contributed by atoms with van der Waals surface area (Å²) in [7, 11) is 3.82. The van der Waals surface area contributed by atoms with Gasteiger partial charge in [0.2, 0.25) is 0 Å². The molecule has 0 saturated heterocycles. The van der Waals surface area contributed by atoms with Crippen LogP contribution in [0.25, 0.3) is 0 Å². The Labute approximate surface area is 71.7 Å². The van der Waals surface area contributed by atoms with Crippen LogP contribution in [-0.4, -0.2) is 43.2 Å². The van der Waals surface area contributed by atoms with Gasteiger partial charge in [-0.15, -0.1) is 0 Å². The van der Waals surface area contributed by atoms with Gasteiger partial charge in [-0.25, -0.2) is 0 Å². The number of carbonyl (C=O) groups is 1. The Balaban J connectivity index is 0. The normalized spacial score (nSPS) is 8.90. The van der Waals surface area contributed by atoms with Crippen LogP contribution in [0.1, 0.15) is 0 Å². The van der Waals surface area contributed by atoms with E-state index in [-0.39, 0.29) is 29.2 Å². The number of nitrogens with zero attached hydrogens (tertiary/aromatic N) is 1. The minimum atomic E-state index is 0. The van der Waals surface area contributed by atoms with Crippen molar-refractivity contribution < 1.29 is 17.2 Å². The molecule has 10 heavy (non-hydrogen) atoms. The highest BCUT2D eigenvalue weighted by Crippen LogP contribution is 1.86. The van der Waals surface area contributed by atoms with Gasteiger partial charge in [0.15, 0.2) is 5.75 Å². The third-order valence-electron chi connectivity index (χ3n) is 0.911. The van der Waals surface area contributed by atoms with E-state index in [4.69, 9.17) is 0 Å². The highest BCUT2D eigenvalue weighted by atomic mass is 35.5. The van der Waals surface area contributed by atoms with Crippen molar-refractivity contribution >= 4 is 16.8 Å². The lowest BCUT2D eigenvalue weighted by molar-refractivity contribution is -0.125. The zero-order valence-corrected chi connectivity index (χ0v) is 8.42. The Kier molecular flexibility index (Phi) is 7.48. The quantitative estimate of drug-likeness (QED) is 0.417. The first kappa shape index (κ1) is 12.8. The molecule has 0 aliphatic rings. The van der Waals surface area contributed by atoms with Crippen molar-refractivity contribution in [3.8, 4) is 0 Å². The third-order valence-corrected chi connectivity index (χ3v) is 1.74. The fourth-order valence-electron chi connectivity index (χ4n) is 0.376. The molecule has 0 aromatic carbocycles. The van der Waals surface area contributed by atoms with Gasteiger partial charge in [0.25, 0.3) is 5.91 Å². The smallest absolute Gasteiger partial charge is 0.271 e. The van der Waals surface area contributed by atoms with Crippen LogP contribution in [0.4, 0.5) is 0 Å². The van der Waals surface area contributed by atoms with Gasteiger partial charge in [-0.05, 0) is 10.9 Å². The van der Waals surface area contributed by atoms with E-state index < -0.39 is 0 Å². The molecule has 62 valence electrons. The number of hydrogen-bond acceptors (Lipinski definition) is 1. The lowest BCUT2D eigenvalue weighted by Crippen LogP contribution is -3.00. The molecule has 0 aliphatic heterocycles. The lowest BCUT2D eigenvalue weighted by atomic mass is 10.6. The van der Waals surface area contributed by atoms with Crippen molar-refractivity contribution in [2.45, 2.75) is 0 Å². The molecule has 0 heterocycles. The number of amides is 1. The summed E-state index contributed by atoms with van der Waals surface area (Å²) in [6.45, 7) is 0. The van der Waals surface area contributed by atoms with E-state index in [0.717, 1.165) is 0 Å². The summed E-state index contributed by atoms with van der Waals surface area (Å²) in [4.78, 5) is 12.5. The predicted octanol–water partition coefficient (Wildman–Crippen LogP) is -3.04. The van der Waals surface area contributed by atoms with Gasteiger partial charge in [-0.1, -0.05) is 0 Å². The number of halogens is 1. The van der Waals surface area contributed by atoms with E-state index >= 15 is 0 Å². The summed E-state index contributed by atoms with van der Waals surface area (Å²) in [5.74, 6) is 0.913. The minimum Gasteiger partial charge on any atom is -1.00 e. The molecular weight excluding hydrogens is 170 g/mol. The zero-order valence-electron chi connectivity index (χ0n) is 6.85. The molecule has 0 N–H and O–H groups in total. The van der Waals surface area contributed by atoms with Crippen molar-refractivity contribution in [3.63, 3.8) is 0 Å². The molecule has 4 heteroatoms. The van der Waals surface area contributed by atoms with Crippen LogP contribution < -0.4 is 12.4 Å². The molecular formula is C6H14ClNOS. The van der Waals surface area contributed by atoms with Crippen molar-refractivity contribution in [1.29, 1.82) is 0 Å². The molecule has 0 radical (unpaired) electrons. The van der Waals surface area contributed by atoms with Crippen LogP contribution in [0.15, 0.2) is 0 Å². The topological polar surface area (TPSA) is 20.3 Å². The summed E-state index contributed by atoms with van der Waals surface area (Å²) < 4.78 is 0. The molecule has 0 aromatic heterocycles. The average Bonchev–Trinajstić information content (AvgIpc) is 1.63. The molecule has 2 nitrogen and oxygen atoms in total. The molecule has 0 aromatic rings. The first-order valence-electron chi connectivity index (χ1n) is 2.78. The predicted molar refractivity (Wildman–Crippen MR) is 42.8 cm³/mol. The maximum Gasteiger partial charge on any atom is 0.271 e. The first-order valence-corrected chi connectivity index (χ1v) is 4.99. The molecule has 0 bridgehead atoms. The largest absolute Gasteiger partial charge is 1.00 e. The maximum atomic E-state index is 10.9. The van der Waals surface area contributed by atoms with Gasteiger partial charge in [0.05, 0.1) is 12.5 Å². The van der Waals surface area contributed by atoms with E-state index in [2.05, 4.69) is 12.5 Å². The highest BCUT2D eigenvalue weighted by molar-refractivity contribution is 7.96. The molecule has 1 amide bonds. The van der Waals surface area contributed by atoms with Crippen LogP contribution >= 0.6 is 0 Å². The van der Waals surface area contributed by atoms with Crippen molar-refractivity contribution in [2.24, 2.45) is 0 Å². The standard InChI is InChI=1S/C6H14NOS.ClH/c1-7(2)6(8)5-9(3)4;/h5H2,1-4H3;1H/q+1;/p-1. The summed E-state index contributed by atoms with van der Waals surface area (Å²) in [6, 6.07) is 0. The SMILES string of the molecule is CN(C)C(=O)C[S+](C)C.[Cl-]. The van der Waals surface area contributed by atoms with E-state index in [9.17, 15) is 4.79 Å². The van der Waals surface area contributed by atoms with E-state index in [0.29, 0.717) is 5.75 Å².